The van der Waals surface area contributed by atoms with Crippen LogP contribution in [0, 0.1) is 12.3 Å². The summed E-state index contributed by atoms with van der Waals surface area (Å²) in [5.41, 5.74) is 2.19. The highest BCUT2D eigenvalue weighted by atomic mass is 32.2. The van der Waals surface area contributed by atoms with Gasteiger partial charge in [0.1, 0.15) is 6.10 Å². The number of hydroxylamine groups is 1. The summed E-state index contributed by atoms with van der Waals surface area (Å²) >= 11 is 1.55. The lowest BCUT2D eigenvalue weighted by molar-refractivity contribution is 0.0703. The van der Waals surface area contributed by atoms with E-state index < -0.39 is 5.91 Å². The Balaban J connectivity index is 0.00000132. The predicted molar refractivity (Wildman–Crippen MR) is 119 cm³/mol. The molecule has 1 amide bonds. The Morgan fingerprint density at radius 2 is 2.17 bits per heavy atom. The van der Waals surface area contributed by atoms with Gasteiger partial charge in [-0.15, -0.1) is 12.3 Å². The zero-order valence-corrected chi connectivity index (χ0v) is 18.2. The van der Waals surface area contributed by atoms with E-state index in [2.05, 4.69) is 28.6 Å². The zero-order valence-electron chi connectivity index (χ0n) is 17.4. The predicted octanol–water partition coefficient (Wildman–Crippen LogP) is 4.67. The van der Waals surface area contributed by atoms with Crippen LogP contribution < -0.4 is 5.48 Å². The van der Waals surface area contributed by atoms with Crippen LogP contribution in [0.15, 0.2) is 46.1 Å². The molecule has 0 spiro atoms. The molecular weight excluding hydrogens is 386 g/mol. The number of carbonyl (C=O) groups is 1. The number of benzene rings is 1. The highest BCUT2D eigenvalue weighted by Crippen LogP contribution is 2.29. The molecule has 1 atom stereocenters. The van der Waals surface area contributed by atoms with Gasteiger partial charge >= 0.3 is 0 Å². The van der Waals surface area contributed by atoms with Crippen molar-refractivity contribution in [3.05, 3.63) is 41.8 Å². The van der Waals surface area contributed by atoms with E-state index >= 15 is 0 Å². The summed E-state index contributed by atoms with van der Waals surface area (Å²) < 4.78 is 8.31. The molecular formula is C22H31N3O3S. The quantitative estimate of drug-likeness (QED) is 0.168. The van der Waals surface area contributed by atoms with Gasteiger partial charge in [-0.3, -0.25) is 10.0 Å². The number of nitrogens with zero attached hydrogens (tertiary/aromatic N) is 2. The van der Waals surface area contributed by atoms with Crippen molar-refractivity contribution in [2.24, 2.45) is 4.99 Å². The highest BCUT2D eigenvalue weighted by molar-refractivity contribution is 7.97. The highest BCUT2D eigenvalue weighted by Gasteiger charge is 2.21. The summed E-state index contributed by atoms with van der Waals surface area (Å²) in [6.45, 7) is 7.39. The molecule has 158 valence electrons. The molecule has 0 aromatic heterocycles. The van der Waals surface area contributed by atoms with Gasteiger partial charge in [-0.1, -0.05) is 19.1 Å². The van der Waals surface area contributed by atoms with Gasteiger partial charge in [0.2, 0.25) is 5.88 Å². The smallest absolute Gasteiger partial charge is 0.275 e. The van der Waals surface area contributed by atoms with Crippen LogP contribution >= 0.6 is 11.9 Å². The van der Waals surface area contributed by atoms with Crippen molar-refractivity contribution in [3.63, 3.8) is 0 Å². The van der Waals surface area contributed by atoms with E-state index in [4.69, 9.17) is 9.94 Å². The molecule has 0 saturated carbocycles. The number of amides is 1. The third kappa shape index (κ3) is 9.18. The van der Waals surface area contributed by atoms with E-state index in [0.29, 0.717) is 11.4 Å². The van der Waals surface area contributed by atoms with E-state index in [9.17, 15) is 4.79 Å². The Hall–Kier alpha value is -2.27. The molecule has 0 aliphatic carbocycles. The number of hydrogen-bond acceptors (Lipinski definition) is 6. The van der Waals surface area contributed by atoms with Crippen molar-refractivity contribution < 1.29 is 14.7 Å². The fourth-order valence-corrected chi connectivity index (χ4v) is 3.88. The summed E-state index contributed by atoms with van der Waals surface area (Å²) in [6, 6.07) is 7.29. The lowest BCUT2D eigenvalue weighted by Crippen LogP contribution is -2.22. The zero-order chi connectivity index (χ0) is 21.5. The van der Waals surface area contributed by atoms with Crippen LogP contribution in [0.2, 0.25) is 0 Å². The van der Waals surface area contributed by atoms with Gasteiger partial charge in [-0.2, -0.15) is 0 Å². The molecule has 1 aromatic carbocycles. The number of ether oxygens (including phenoxy) is 1. The van der Waals surface area contributed by atoms with Gasteiger partial charge in [-0.25, -0.2) is 14.8 Å². The molecule has 7 heteroatoms. The maximum atomic E-state index is 11.8. The first-order chi connectivity index (χ1) is 14.1. The molecule has 1 aliphatic rings. The number of carbonyl (C=O) groups excluding carboxylic acids is 1. The first-order valence-corrected chi connectivity index (χ1v) is 10.6. The van der Waals surface area contributed by atoms with Crippen LogP contribution in [0.5, 0.6) is 0 Å². The average molecular weight is 418 g/mol. The normalized spacial score (nSPS) is 17.6. The van der Waals surface area contributed by atoms with Crippen LogP contribution in [0.4, 0.5) is 0 Å². The summed E-state index contributed by atoms with van der Waals surface area (Å²) in [4.78, 5) is 16.9. The number of nitrogens with one attached hydrogen (secondary N) is 1. The molecule has 0 bridgehead atoms. The summed E-state index contributed by atoms with van der Waals surface area (Å²) in [7, 11) is 0. The fourth-order valence-electron chi connectivity index (χ4n) is 2.79. The van der Waals surface area contributed by atoms with E-state index in [-0.39, 0.29) is 6.10 Å². The molecule has 1 aliphatic heterocycles. The van der Waals surface area contributed by atoms with E-state index in [0.717, 1.165) is 43.7 Å². The van der Waals surface area contributed by atoms with Crippen LogP contribution in [0.3, 0.4) is 0 Å². The monoisotopic (exact) mass is 417 g/mol. The molecule has 1 unspecified atom stereocenters. The third-order valence-electron chi connectivity index (χ3n) is 4.02. The van der Waals surface area contributed by atoms with Crippen molar-refractivity contribution in [1.82, 2.24) is 9.79 Å². The second-order valence-corrected chi connectivity index (χ2v) is 7.39. The Bertz CT molecular complexity index is 728. The number of rotatable bonds is 7. The van der Waals surface area contributed by atoms with Crippen LogP contribution in [0.1, 0.15) is 56.8 Å². The summed E-state index contributed by atoms with van der Waals surface area (Å²) in [5.74, 6) is 2.46. The lowest BCUT2D eigenvalue weighted by Gasteiger charge is -2.20. The van der Waals surface area contributed by atoms with Crippen molar-refractivity contribution in [1.29, 1.82) is 0 Å². The first kappa shape index (κ1) is 24.8. The number of terminal acetylenes is 1. The second kappa shape index (κ2) is 14.7. The van der Waals surface area contributed by atoms with Crippen LogP contribution in [-0.4, -0.2) is 40.8 Å². The van der Waals surface area contributed by atoms with Crippen molar-refractivity contribution in [2.45, 2.75) is 57.5 Å². The molecule has 0 radical (unpaired) electrons. The number of allylic oxidation sites excluding steroid dienone is 1. The molecule has 6 nitrogen and oxygen atoms in total. The van der Waals surface area contributed by atoms with Gasteiger partial charge in [0.05, 0.1) is 5.56 Å². The Morgan fingerprint density at radius 1 is 1.45 bits per heavy atom. The minimum atomic E-state index is -0.490. The Morgan fingerprint density at radius 3 is 2.83 bits per heavy atom. The SMILES string of the molecule is C#CC.C/C=N\C(=C/CC)OC1CCCN(Sc2ccccc2C(=O)NO)CC1. The Kier molecular flexibility index (Phi) is 12.5. The van der Waals surface area contributed by atoms with Gasteiger partial charge in [0, 0.05) is 24.2 Å². The number of hydrogen-bond donors (Lipinski definition) is 2. The van der Waals surface area contributed by atoms with Crippen molar-refractivity contribution in [3.8, 4) is 12.3 Å². The molecule has 1 heterocycles. The number of aliphatic imine (C=N–C) groups is 1. The molecule has 1 aromatic rings. The summed E-state index contributed by atoms with van der Waals surface area (Å²) in [6.07, 6.45) is 12.3. The molecule has 1 saturated heterocycles. The van der Waals surface area contributed by atoms with Gasteiger partial charge < -0.3 is 4.74 Å². The molecule has 1 fully saturated rings. The minimum absolute atomic E-state index is 0.151. The fraction of sp³-hybridized carbons (Fsp3) is 0.455. The van der Waals surface area contributed by atoms with Crippen LogP contribution in [0.25, 0.3) is 0 Å². The van der Waals surface area contributed by atoms with E-state index in [1.165, 1.54) is 0 Å². The van der Waals surface area contributed by atoms with Gasteiger partial charge in [0.15, 0.2) is 0 Å². The second-order valence-electron chi connectivity index (χ2n) is 6.25. The van der Waals surface area contributed by atoms with Crippen molar-refractivity contribution in [2.75, 3.05) is 13.1 Å². The molecule has 29 heavy (non-hydrogen) atoms. The van der Waals surface area contributed by atoms with Crippen LogP contribution in [-0.2, 0) is 4.74 Å². The maximum absolute atomic E-state index is 11.8. The molecule has 2 rings (SSSR count). The van der Waals surface area contributed by atoms with Crippen molar-refractivity contribution >= 4 is 24.1 Å². The average Bonchev–Trinajstić information content (AvgIpc) is 2.94. The van der Waals surface area contributed by atoms with E-state index in [1.807, 2.05) is 25.1 Å². The largest absolute Gasteiger partial charge is 0.475 e. The topological polar surface area (TPSA) is 74.2 Å². The standard InChI is InChI=1S/C19H27N3O3S.C3H4/c1-3-8-18(20-4-2)25-15-9-7-13-22(14-12-15)26-17-11-6-5-10-16(17)19(23)21-24;1-3-2/h4-6,8,10-11,15,24H,3,7,9,12-14H2,1-2H3,(H,21,23);1H,2H3/b18-8+,20-4-;. The maximum Gasteiger partial charge on any atom is 0.275 e. The van der Waals surface area contributed by atoms with Gasteiger partial charge in [-0.05, 0) is 69.7 Å². The summed E-state index contributed by atoms with van der Waals surface area (Å²) in [5, 5.41) is 8.91. The third-order valence-corrected chi connectivity index (χ3v) is 5.19. The molecule has 2 N–H and O–H groups in total. The van der Waals surface area contributed by atoms with E-state index in [1.54, 1.807) is 42.7 Å². The lowest BCUT2D eigenvalue weighted by atomic mass is 10.2. The van der Waals surface area contributed by atoms with Gasteiger partial charge in [0.25, 0.3) is 5.91 Å². The Labute approximate surface area is 178 Å². The first-order valence-electron chi connectivity index (χ1n) is 9.78. The minimum Gasteiger partial charge on any atom is -0.475 e.